The van der Waals surface area contributed by atoms with Gasteiger partial charge in [0.25, 0.3) is 0 Å². The van der Waals surface area contributed by atoms with Gasteiger partial charge in [-0.15, -0.1) is 23.5 Å². The molecule has 1 heterocycles. The number of aldehydes is 1. The van der Waals surface area contributed by atoms with Crippen LogP contribution in [0.15, 0.2) is 0 Å². The molecule has 0 aromatic carbocycles. The zero-order chi connectivity index (χ0) is 8.16. The molecule has 0 radical (unpaired) electrons. The molecule has 0 aromatic heterocycles. The van der Waals surface area contributed by atoms with E-state index in [2.05, 4.69) is 6.92 Å². The third-order valence-corrected chi connectivity index (χ3v) is 5.61. The van der Waals surface area contributed by atoms with E-state index < -0.39 is 0 Å². The monoisotopic (exact) mass is 190 g/mol. The van der Waals surface area contributed by atoms with Gasteiger partial charge in [0.15, 0.2) is 0 Å². The molecule has 0 N–H and O–H groups in total. The van der Waals surface area contributed by atoms with Gasteiger partial charge in [-0.2, -0.15) is 0 Å². The van der Waals surface area contributed by atoms with Crippen LogP contribution < -0.4 is 0 Å². The summed E-state index contributed by atoms with van der Waals surface area (Å²) in [4.78, 5) is 10.4. The van der Waals surface area contributed by atoms with Gasteiger partial charge in [-0.3, -0.25) is 0 Å². The number of hydrogen-bond acceptors (Lipinski definition) is 3. The summed E-state index contributed by atoms with van der Waals surface area (Å²) in [5.41, 5.74) is 0. The molecule has 64 valence electrons. The zero-order valence-corrected chi connectivity index (χ0v) is 8.47. The summed E-state index contributed by atoms with van der Waals surface area (Å²) in [6.07, 6.45) is 4.20. The number of hydrogen-bond donors (Lipinski definition) is 0. The van der Waals surface area contributed by atoms with Gasteiger partial charge in [0, 0.05) is 6.42 Å². The second-order valence-electron chi connectivity index (χ2n) is 2.69. The number of rotatable bonds is 3. The van der Waals surface area contributed by atoms with Gasteiger partial charge in [0.1, 0.15) is 6.29 Å². The average Bonchev–Trinajstić information content (AvgIpc) is 2.07. The maximum atomic E-state index is 10.4. The first-order valence-electron chi connectivity index (χ1n) is 4.04. The minimum atomic E-state index is 0.236. The first kappa shape index (κ1) is 9.46. The van der Waals surface area contributed by atoms with Crippen molar-refractivity contribution in [3.05, 3.63) is 0 Å². The molecule has 0 amide bonds. The third-order valence-electron chi connectivity index (χ3n) is 1.95. The standard InChI is InChI=1S/C8H14OS2/c1-2-8(4-5-9)10-6-3-7-11-8/h5H,2-4,6-7H2,1H3. The van der Waals surface area contributed by atoms with Gasteiger partial charge in [0.05, 0.1) is 4.08 Å². The predicted octanol–water partition coefficient (Wildman–Crippen LogP) is 2.55. The lowest BCUT2D eigenvalue weighted by atomic mass is 10.2. The molecule has 1 aliphatic heterocycles. The largest absolute Gasteiger partial charge is 0.303 e. The lowest BCUT2D eigenvalue weighted by Crippen LogP contribution is -2.24. The van der Waals surface area contributed by atoms with Crippen molar-refractivity contribution in [1.82, 2.24) is 0 Å². The average molecular weight is 190 g/mol. The fraction of sp³-hybridized carbons (Fsp3) is 0.875. The molecule has 0 unspecified atom stereocenters. The Balaban J connectivity index is 2.49. The van der Waals surface area contributed by atoms with E-state index in [1.807, 2.05) is 23.5 Å². The van der Waals surface area contributed by atoms with Crippen LogP contribution in [-0.2, 0) is 4.79 Å². The van der Waals surface area contributed by atoms with Gasteiger partial charge in [-0.25, -0.2) is 0 Å². The predicted molar refractivity (Wildman–Crippen MR) is 53.2 cm³/mol. The van der Waals surface area contributed by atoms with Crippen LogP contribution in [0.25, 0.3) is 0 Å². The van der Waals surface area contributed by atoms with Crippen molar-refractivity contribution in [2.75, 3.05) is 11.5 Å². The maximum Gasteiger partial charge on any atom is 0.122 e. The molecule has 0 bridgehead atoms. The molecule has 0 atom stereocenters. The summed E-state index contributed by atoms with van der Waals surface area (Å²) in [7, 11) is 0. The van der Waals surface area contributed by atoms with E-state index in [0.29, 0.717) is 0 Å². The Bertz CT molecular complexity index is 130. The van der Waals surface area contributed by atoms with Crippen LogP contribution in [0.3, 0.4) is 0 Å². The molecule has 11 heavy (non-hydrogen) atoms. The van der Waals surface area contributed by atoms with Crippen LogP contribution in [0, 0.1) is 0 Å². The van der Waals surface area contributed by atoms with Gasteiger partial charge < -0.3 is 4.79 Å². The molecule has 0 aliphatic carbocycles. The second kappa shape index (κ2) is 4.41. The third kappa shape index (κ3) is 2.41. The number of carbonyl (C=O) groups excluding carboxylic acids is 1. The van der Waals surface area contributed by atoms with E-state index in [1.165, 1.54) is 17.9 Å². The SMILES string of the molecule is CCC1(CC=O)SCCCS1. The van der Waals surface area contributed by atoms with E-state index in [9.17, 15) is 4.79 Å². The van der Waals surface area contributed by atoms with E-state index in [4.69, 9.17) is 0 Å². The van der Waals surface area contributed by atoms with Crippen LogP contribution >= 0.6 is 23.5 Å². The number of thioether (sulfide) groups is 2. The van der Waals surface area contributed by atoms with Crippen LogP contribution in [0.1, 0.15) is 26.2 Å². The highest BCUT2D eigenvalue weighted by Crippen LogP contribution is 2.46. The Morgan fingerprint density at radius 2 is 2.09 bits per heavy atom. The summed E-state index contributed by atoms with van der Waals surface area (Å²) in [6.45, 7) is 2.18. The van der Waals surface area contributed by atoms with Crippen molar-refractivity contribution in [2.45, 2.75) is 30.3 Å². The molecule has 1 saturated heterocycles. The summed E-state index contributed by atoms with van der Waals surface area (Å²) < 4.78 is 0.236. The van der Waals surface area contributed by atoms with Crippen molar-refractivity contribution in [3.8, 4) is 0 Å². The van der Waals surface area contributed by atoms with Crippen molar-refractivity contribution in [3.63, 3.8) is 0 Å². The Labute approximate surface area is 76.7 Å². The molecule has 0 saturated carbocycles. The smallest absolute Gasteiger partial charge is 0.122 e. The summed E-state index contributed by atoms with van der Waals surface area (Å²) in [5, 5.41) is 0. The highest BCUT2D eigenvalue weighted by molar-refractivity contribution is 8.18. The lowest BCUT2D eigenvalue weighted by molar-refractivity contribution is -0.107. The summed E-state index contributed by atoms with van der Waals surface area (Å²) in [6, 6.07) is 0. The van der Waals surface area contributed by atoms with Gasteiger partial charge in [0.2, 0.25) is 0 Å². The van der Waals surface area contributed by atoms with Crippen LogP contribution in [0.4, 0.5) is 0 Å². The molecule has 1 rings (SSSR count). The Morgan fingerprint density at radius 3 is 2.55 bits per heavy atom. The fourth-order valence-corrected chi connectivity index (χ4v) is 4.33. The van der Waals surface area contributed by atoms with Gasteiger partial charge >= 0.3 is 0 Å². The van der Waals surface area contributed by atoms with Crippen molar-refractivity contribution >= 4 is 29.8 Å². The maximum absolute atomic E-state index is 10.4. The van der Waals surface area contributed by atoms with Crippen LogP contribution in [0.2, 0.25) is 0 Å². The normalized spacial score (nSPS) is 23.0. The first-order valence-corrected chi connectivity index (χ1v) is 6.01. The van der Waals surface area contributed by atoms with Crippen molar-refractivity contribution < 1.29 is 4.79 Å². The highest BCUT2D eigenvalue weighted by Gasteiger charge is 2.30. The van der Waals surface area contributed by atoms with Crippen molar-refractivity contribution in [2.24, 2.45) is 0 Å². The lowest BCUT2D eigenvalue weighted by Gasteiger charge is -2.33. The fourth-order valence-electron chi connectivity index (χ4n) is 1.21. The Morgan fingerprint density at radius 1 is 1.45 bits per heavy atom. The number of carbonyl (C=O) groups is 1. The molecule has 3 heteroatoms. The van der Waals surface area contributed by atoms with Crippen LogP contribution in [-0.4, -0.2) is 21.9 Å². The summed E-state index contributed by atoms with van der Waals surface area (Å²) >= 11 is 3.93. The molecule has 0 aromatic rings. The molecule has 1 nitrogen and oxygen atoms in total. The molecular weight excluding hydrogens is 176 g/mol. The zero-order valence-electron chi connectivity index (χ0n) is 6.84. The van der Waals surface area contributed by atoms with E-state index in [0.717, 1.165) is 19.1 Å². The Kier molecular flexibility index (Phi) is 3.79. The minimum Gasteiger partial charge on any atom is -0.303 e. The second-order valence-corrected chi connectivity index (χ2v) is 5.90. The first-order chi connectivity index (χ1) is 5.33. The van der Waals surface area contributed by atoms with E-state index in [1.54, 1.807) is 0 Å². The molecule has 1 fully saturated rings. The van der Waals surface area contributed by atoms with Gasteiger partial charge in [-0.1, -0.05) is 6.92 Å². The molecule has 1 aliphatic rings. The minimum absolute atomic E-state index is 0.236. The van der Waals surface area contributed by atoms with E-state index in [-0.39, 0.29) is 4.08 Å². The van der Waals surface area contributed by atoms with E-state index >= 15 is 0 Å². The topological polar surface area (TPSA) is 17.1 Å². The quantitative estimate of drug-likeness (QED) is 0.637. The van der Waals surface area contributed by atoms with Crippen LogP contribution in [0.5, 0.6) is 0 Å². The highest BCUT2D eigenvalue weighted by atomic mass is 32.2. The molecule has 0 spiro atoms. The van der Waals surface area contributed by atoms with Gasteiger partial charge in [-0.05, 0) is 24.3 Å². The summed E-state index contributed by atoms with van der Waals surface area (Å²) in [5.74, 6) is 2.46. The Hall–Kier alpha value is 0.370. The molecular formula is C8H14OS2. The van der Waals surface area contributed by atoms with Crippen molar-refractivity contribution in [1.29, 1.82) is 0 Å².